The van der Waals surface area contributed by atoms with E-state index in [1.165, 1.54) is 6.20 Å². The molecule has 5 nitrogen and oxygen atoms in total. The summed E-state index contributed by atoms with van der Waals surface area (Å²) < 4.78 is 1.09. The third-order valence-corrected chi connectivity index (χ3v) is 4.37. The topological polar surface area (TPSA) is 64.3 Å². The molecule has 4 aromatic rings. The summed E-state index contributed by atoms with van der Waals surface area (Å²) in [5.74, 6) is -0.222. The van der Waals surface area contributed by atoms with Crippen LogP contribution in [0.2, 0.25) is 0 Å². The molecular formula is C24H17N3O2. The number of benzene rings is 3. The summed E-state index contributed by atoms with van der Waals surface area (Å²) in [4.78, 5) is 29.9. The van der Waals surface area contributed by atoms with E-state index < -0.39 is 5.69 Å². The summed E-state index contributed by atoms with van der Waals surface area (Å²) >= 11 is 0. The summed E-state index contributed by atoms with van der Waals surface area (Å²) in [6, 6.07) is 27.5. The van der Waals surface area contributed by atoms with E-state index in [1.807, 2.05) is 66.7 Å². The van der Waals surface area contributed by atoms with Crippen LogP contribution in [-0.2, 0) is 0 Å². The third-order valence-electron chi connectivity index (χ3n) is 4.37. The highest BCUT2D eigenvalue weighted by molar-refractivity contribution is 6.12. The average Bonchev–Trinajstić information content (AvgIpc) is 2.79. The number of carbonyl (C=O) groups excluding carboxylic acids is 1. The van der Waals surface area contributed by atoms with Gasteiger partial charge in [-0.05, 0) is 5.56 Å². The maximum Gasteiger partial charge on any atom is 0.368 e. The molecule has 0 bridgehead atoms. The van der Waals surface area contributed by atoms with Crippen molar-refractivity contribution in [3.05, 3.63) is 124 Å². The average molecular weight is 379 g/mol. The van der Waals surface area contributed by atoms with Gasteiger partial charge in [0, 0.05) is 17.3 Å². The molecular weight excluding hydrogens is 362 g/mol. The number of rotatable bonds is 5. The Morgan fingerprint density at radius 2 is 1.41 bits per heavy atom. The van der Waals surface area contributed by atoms with Crippen molar-refractivity contribution < 1.29 is 4.79 Å². The molecule has 140 valence electrons. The van der Waals surface area contributed by atoms with Crippen LogP contribution < -0.4 is 5.69 Å². The van der Waals surface area contributed by atoms with Crippen molar-refractivity contribution in [2.45, 2.75) is 0 Å². The highest BCUT2D eigenvalue weighted by Crippen LogP contribution is 2.22. The van der Waals surface area contributed by atoms with Gasteiger partial charge in [-0.1, -0.05) is 91.0 Å². The summed E-state index contributed by atoms with van der Waals surface area (Å²) in [5, 5.41) is 4.21. The fourth-order valence-corrected chi connectivity index (χ4v) is 2.92. The largest absolute Gasteiger partial charge is 0.368 e. The van der Waals surface area contributed by atoms with Gasteiger partial charge in [-0.3, -0.25) is 4.79 Å². The lowest BCUT2D eigenvalue weighted by atomic mass is 9.99. The molecule has 0 saturated carbocycles. The highest BCUT2D eigenvalue weighted by atomic mass is 16.2. The number of ketones is 1. The minimum absolute atomic E-state index is 0.222. The van der Waals surface area contributed by atoms with E-state index in [1.54, 1.807) is 30.5 Å². The smallest absolute Gasteiger partial charge is 0.288 e. The monoisotopic (exact) mass is 379 g/mol. The quantitative estimate of drug-likeness (QED) is 0.389. The van der Waals surface area contributed by atoms with Crippen molar-refractivity contribution in [2.24, 2.45) is 5.10 Å². The molecule has 0 N–H and O–H groups in total. The fourth-order valence-electron chi connectivity index (χ4n) is 2.92. The van der Waals surface area contributed by atoms with Crippen LogP contribution in [0.4, 0.5) is 0 Å². The van der Waals surface area contributed by atoms with Gasteiger partial charge in [-0.25, -0.2) is 4.79 Å². The lowest BCUT2D eigenvalue weighted by molar-refractivity contribution is 0.103. The zero-order valence-electron chi connectivity index (χ0n) is 15.5. The second-order valence-electron chi connectivity index (χ2n) is 6.35. The normalized spacial score (nSPS) is 10.9. The number of nitrogens with zero attached hydrogens (tertiary/aromatic N) is 3. The Balaban J connectivity index is 1.84. The Bertz CT molecular complexity index is 1220. The van der Waals surface area contributed by atoms with Crippen molar-refractivity contribution >= 4 is 12.0 Å². The van der Waals surface area contributed by atoms with E-state index in [-0.39, 0.29) is 5.78 Å². The maximum atomic E-state index is 13.2. The molecule has 5 heteroatoms. The van der Waals surface area contributed by atoms with Gasteiger partial charge < -0.3 is 0 Å². The Labute approximate surface area is 167 Å². The van der Waals surface area contributed by atoms with Crippen molar-refractivity contribution in [1.29, 1.82) is 0 Å². The van der Waals surface area contributed by atoms with Crippen LogP contribution in [0.15, 0.2) is 107 Å². The summed E-state index contributed by atoms with van der Waals surface area (Å²) in [5.41, 5.74) is 2.15. The Kier molecular flexibility index (Phi) is 5.21. The van der Waals surface area contributed by atoms with Crippen molar-refractivity contribution in [3.8, 4) is 11.3 Å². The molecule has 0 atom stereocenters. The van der Waals surface area contributed by atoms with Gasteiger partial charge in [-0.2, -0.15) is 14.8 Å². The molecule has 0 aliphatic carbocycles. The fraction of sp³-hybridized carbons (Fsp3) is 0. The molecule has 3 aromatic carbocycles. The highest BCUT2D eigenvalue weighted by Gasteiger charge is 2.18. The van der Waals surface area contributed by atoms with Crippen LogP contribution in [0.3, 0.4) is 0 Å². The van der Waals surface area contributed by atoms with Crippen molar-refractivity contribution in [3.63, 3.8) is 0 Å². The van der Waals surface area contributed by atoms with Crippen LogP contribution in [0.5, 0.6) is 0 Å². The lowest BCUT2D eigenvalue weighted by Gasteiger charge is -2.09. The van der Waals surface area contributed by atoms with Gasteiger partial charge >= 0.3 is 5.69 Å². The molecule has 29 heavy (non-hydrogen) atoms. The minimum Gasteiger partial charge on any atom is -0.288 e. The molecule has 0 amide bonds. The molecule has 1 heterocycles. The lowest BCUT2D eigenvalue weighted by Crippen LogP contribution is -2.23. The second kappa shape index (κ2) is 8.27. The molecule has 0 fully saturated rings. The standard InChI is InChI=1S/C24H17N3O2/c28-23(20-14-8-3-9-15-20)21-17-27(25-16-18-10-4-1-5-11-18)24(29)26-22(21)19-12-6-2-7-13-19/h1-17H/b25-16-. The first-order valence-electron chi connectivity index (χ1n) is 9.10. The molecule has 1 aromatic heterocycles. The zero-order chi connectivity index (χ0) is 20.1. The molecule has 0 aliphatic rings. The van der Waals surface area contributed by atoms with Gasteiger partial charge in [0.1, 0.15) is 0 Å². The molecule has 0 aliphatic heterocycles. The number of carbonyl (C=O) groups is 1. The van der Waals surface area contributed by atoms with Crippen LogP contribution in [0.1, 0.15) is 21.5 Å². The van der Waals surface area contributed by atoms with Gasteiger partial charge in [0.25, 0.3) is 0 Å². The van der Waals surface area contributed by atoms with Gasteiger partial charge in [0.05, 0.1) is 17.5 Å². The third kappa shape index (κ3) is 4.09. The maximum absolute atomic E-state index is 13.2. The minimum atomic E-state index is -0.555. The first-order valence-corrected chi connectivity index (χ1v) is 9.10. The number of aromatic nitrogens is 2. The SMILES string of the molecule is O=C(c1ccccc1)c1cn(/N=C\c2ccccc2)c(=O)nc1-c1ccccc1. The van der Waals surface area contributed by atoms with Crippen LogP contribution in [0.25, 0.3) is 11.3 Å². The predicted molar refractivity (Wildman–Crippen MR) is 113 cm³/mol. The predicted octanol–water partition coefficient (Wildman–Crippen LogP) is 4.02. The van der Waals surface area contributed by atoms with Gasteiger partial charge in [0.2, 0.25) is 0 Å². The summed E-state index contributed by atoms with van der Waals surface area (Å²) in [7, 11) is 0. The van der Waals surface area contributed by atoms with Crippen molar-refractivity contribution in [2.75, 3.05) is 0 Å². The molecule has 0 saturated heterocycles. The molecule has 0 spiro atoms. The van der Waals surface area contributed by atoms with Crippen LogP contribution in [0, 0.1) is 0 Å². The zero-order valence-corrected chi connectivity index (χ0v) is 15.5. The molecule has 0 radical (unpaired) electrons. The van der Waals surface area contributed by atoms with Gasteiger partial charge in [0.15, 0.2) is 5.78 Å². The van der Waals surface area contributed by atoms with E-state index in [0.29, 0.717) is 22.4 Å². The number of hydrogen-bond donors (Lipinski definition) is 0. The van der Waals surface area contributed by atoms with Crippen molar-refractivity contribution in [1.82, 2.24) is 9.66 Å². The second-order valence-corrected chi connectivity index (χ2v) is 6.35. The first-order chi connectivity index (χ1) is 14.2. The van der Waals surface area contributed by atoms with E-state index >= 15 is 0 Å². The summed E-state index contributed by atoms with van der Waals surface area (Å²) in [6.07, 6.45) is 3.01. The van der Waals surface area contributed by atoms with Crippen LogP contribution in [-0.4, -0.2) is 21.7 Å². The van der Waals surface area contributed by atoms with E-state index in [2.05, 4.69) is 10.1 Å². The first kappa shape index (κ1) is 18.3. The van der Waals surface area contributed by atoms with E-state index in [4.69, 9.17) is 0 Å². The summed E-state index contributed by atoms with van der Waals surface area (Å²) in [6.45, 7) is 0. The van der Waals surface area contributed by atoms with E-state index in [0.717, 1.165) is 10.2 Å². The Morgan fingerprint density at radius 1 is 0.828 bits per heavy atom. The Hall–Kier alpha value is -4.12. The number of hydrogen-bond acceptors (Lipinski definition) is 4. The molecule has 4 rings (SSSR count). The van der Waals surface area contributed by atoms with Crippen LogP contribution >= 0.6 is 0 Å². The van der Waals surface area contributed by atoms with E-state index in [9.17, 15) is 9.59 Å². The Morgan fingerprint density at radius 3 is 2.07 bits per heavy atom. The van der Waals surface area contributed by atoms with Gasteiger partial charge in [-0.15, -0.1) is 0 Å². The molecule has 0 unspecified atom stereocenters.